The molecule has 3 nitrogen and oxygen atoms in total. The van der Waals surface area contributed by atoms with Crippen molar-refractivity contribution in [2.45, 2.75) is 45.3 Å². The Balaban J connectivity index is 2.16. The van der Waals surface area contributed by atoms with E-state index in [1.807, 2.05) is 45.0 Å². The molecule has 1 aromatic carbocycles. The predicted molar refractivity (Wildman–Crippen MR) is 82.0 cm³/mol. The van der Waals surface area contributed by atoms with Crippen molar-refractivity contribution in [3.8, 4) is 0 Å². The summed E-state index contributed by atoms with van der Waals surface area (Å²) in [5.41, 5.74) is 1.73. The van der Waals surface area contributed by atoms with Crippen LogP contribution < -0.4 is 5.32 Å². The molecule has 1 aliphatic rings. The van der Waals surface area contributed by atoms with Crippen LogP contribution in [0, 0.1) is 11.8 Å². The lowest BCUT2D eigenvalue weighted by molar-refractivity contribution is -0.121. The molecule has 110 valence electrons. The molecule has 0 radical (unpaired) electrons. The highest BCUT2D eigenvalue weighted by Gasteiger charge is 2.41. The van der Waals surface area contributed by atoms with E-state index in [0.717, 1.165) is 11.3 Å². The SMILES string of the molecule is CC(Cl)c1ccccc1NC(=O)C1C(C)OC(C)C1C. The van der Waals surface area contributed by atoms with Crippen molar-refractivity contribution in [3.05, 3.63) is 29.8 Å². The van der Waals surface area contributed by atoms with Gasteiger partial charge in [0.15, 0.2) is 0 Å². The Bertz CT molecular complexity index is 489. The molecule has 0 bridgehead atoms. The molecule has 0 spiro atoms. The molecule has 1 saturated heterocycles. The summed E-state index contributed by atoms with van der Waals surface area (Å²) in [7, 11) is 0. The standard InChI is InChI=1S/C16H22ClNO2/c1-9-11(3)20-12(4)15(9)16(19)18-14-8-6-5-7-13(14)10(2)17/h5-12,15H,1-4H3,(H,18,19). The number of amides is 1. The summed E-state index contributed by atoms with van der Waals surface area (Å²) in [4.78, 5) is 12.5. The Labute approximate surface area is 125 Å². The average molecular weight is 296 g/mol. The highest BCUT2D eigenvalue weighted by Crippen LogP contribution is 2.34. The Kier molecular flexibility index (Phi) is 4.71. The Morgan fingerprint density at radius 2 is 1.90 bits per heavy atom. The van der Waals surface area contributed by atoms with E-state index in [1.165, 1.54) is 0 Å². The predicted octanol–water partition coefficient (Wildman–Crippen LogP) is 3.98. The van der Waals surface area contributed by atoms with Crippen molar-refractivity contribution in [2.75, 3.05) is 5.32 Å². The molecule has 5 unspecified atom stereocenters. The number of benzene rings is 1. The smallest absolute Gasteiger partial charge is 0.230 e. The first-order valence-electron chi connectivity index (χ1n) is 7.11. The van der Waals surface area contributed by atoms with Crippen molar-refractivity contribution < 1.29 is 9.53 Å². The highest BCUT2D eigenvalue weighted by molar-refractivity contribution is 6.21. The minimum absolute atomic E-state index is 0.0131. The first kappa shape index (κ1) is 15.3. The summed E-state index contributed by atoms with van der Waals surface area (Å²) >= 11 is 6.16. The van der Waals surface area contributed by atoms with Crippen LogP contribution in [0.5, 0.6) is 0 Å². The van der Waals surface area contributed by atoms with E-state index in [0.29, 0.717) is 0 Å². The van der Waals surface area contributed by atoms with Gasteiger partial charge in [-0.3, -0.25) is 4.79 Å². The number of ether oxygens (including phenoxy) is 1. The number of rotatable bonds is 3. The Morgan fingerprint density at radius 3 is 2.45 bits per heavy atom. The molecule has 1 aromatic rings. The number of alkyl halides is 1. The number of para-hydroxylation sites is 1. The van der Waals surface area contributed by atoms with Crippen molar-refractivity contribution in [3.63, 3.8) is 0 Å². The number of carbonyl (C=O) groups is 1. The molecular weight excluding hydrogens is 274 g/mol. The molecule has 1 amide bonds. The fourth-order valence-corrected chi connectivity index (χ4v) is 3.08. The van der Waals surface area contributed by atoms with E-state index in [9.17, 15) is 4.79 Å². The first-order chi connectivity index (χ1) is 9.41. The number of carbonyl (C=O) groups excluding carboxylic acids is 1. The average Bonchev–Trinajstić information content (AvgIpc) is 2.63. The van der Waals surface area contributed by atoms with Gasteiger partial charge in [-0.2, -0.15) is 0 Å². The molecule has 20 heavy (non-hydrogen) atoms. The molecule has 0 saturated carbocycles. The second-order valence-electron chi connectivity index (χ2n) is 5.62. The van der Waals surface area contributed by atoms with Gasteiger partial charge in [0.25, 0.3) is 0 Å². The summed E-state index contributed by atoms with van der Waals surface area (Å²) in [5.74, 6) is 0.105. The summed E-state index contributed by atoms with van der Waals surface area (Å²) in [5, 5.41) is 2.87. The van der Waals surface area contributed by atoms with E-state index >= 15 is 0 Å². The van der Waals surface area contributed by atoms with Crippen molar-refractivity contribution in [1.29, 1.82) is 0 Å². The van der Waals surface area contributed by atoms with Crippen LogP contribution in [-0.2, 0) is 9.53 Å². The molecule has 1 heterocycles. The summed E-state index contributed by atoms with van der Waals surface area (Å²) in [6, 6.07) is 7.66. The molecule has 0 aromatic heterocycles. The van der Waals surface area contributed by atoms with Gasteiger partial charge in [0.1, 0.15) is 0 Å². The lowest BCUT2D eigenvalue weighted by Crippen LogP contribution is -2.32. The summed E-state index contributed by atoms with van der Waals surface area (Å²) in [6.45, 7) is 7.94. The maximum atomic E-state index is 12.5. The van der Waals surface area contributed by atoms with Crippen LogP contribution in [0.4, 0.5) is 5.69 Å². The largest absolute Gasteiger partial charge is 0.374 e. The van der Waals surface area contributed by atoms with Crippen LogP contribution in [0.25, 0.3) is 0 Å². The van der Waals surface area contributed by atoms with Gasteiger partial charge >= 0.3 is 0 Å². The van der Waals surface area contributed by atoms with Gasteiger partial charge in [0, 0.05) is 5.69 Å². The highest BCUT2D eigenvalue weighted by atomic mass is 35.5. The molecule has 0 aliphatic carbocycles. The van der Waals surface area contributed by atoms with E-state index in [-0.39, 0.29) is 35.3 Å². The minimum Gasteiger partial charge on any atom is -0.374 e. The van der Waals surface area contributed by atoms with Crippen molar-refractivity contribution in [1.82, 2.24) is 0 Å². The van der Waals surface area contributed by atoms with Gasteiger partial charge in [-0.1, -0.05) is 25.1 Å². The molecule has 1 aliphatic heterocycles. The van der Waals surface area contributed by atoms with Gasteiger partial charge in [-0.25, -0.2) is 0 Å². The minimum atomic E-state index is -0.139. The number of nitrogens with one attached hydrogen (secondary N) is 1. The number of anilines is 1. The van der Waals surface area contributed by atoms with E-state index in [4.69, 9.17) is 16.3 Å². The van der Waals surface area contributed by atoms with E-state index < -0.39 is 0 Å². The molecule has 2 rings (SSSR count). The number of halogens is 1. The van der Waals surface area contributed by atoms with Gasteiger partial charge in [-0.05, 0) is 38.3 Å². The van der Waals surface area contributed by atoms with Crippen molar-refractivity contribution >= 4 is 23.2 Å². The van der Waals surface area contributed by atoms with Gasteiger partial charge < -0.3 is 10.1 Å². The fourth-order valence-electron chi connectivity index (χ4n) is 2.89. The van der Waals surface area contributed by atoms with Crippen LogP contribution >= 0.6 is 11.6 Å². The summed E-state index contributed by atoms with van der Waals surface area (Å²) < 4.78 is 5.74. The lowest BCUT2D eigenvalue weighted by Gasteiger charge is -2.19. The van der Waals surface area contributed by atoms with Crippen molar-refractivity contribution in [2.24, 2.45) is 11.8 Å². The van der Waals surface area contributed by atoms with Gasteiger partial charge in [0.05, 0.1) is 23.5 Å². The van der Waals surface area contributed by atoms with E-state index in [1.54, 1.807) is 0 Å². The third kappa shape index (κ3) is 2.99. The van der Waals surface area contributed by atoms with Gasteiger partial charge in [0.2, 0.25) is 5.91 Å². The zero-order valence-corrected chi connectivity index (χ0v) is 13.1. The Morgan fingerprint density at radius 1 is 1.25 bits per heavy atom. The third-order valence-corrected chi connectivity index (χ3v) is 4.43. The van der Waals surface area contributed by atoms with Crippen LogP contribution in [0.3, 0.4) is 0 Å². The lowest BCUT2D eigenvalue weighted by atomic mass is 9.88. The zero-order valence-electron chi connectivity index (χ0n) is 12.4. The van der Waals surface area contributed by atoms with E-state index in [2.05, 4.69) is 12.2 Å². The molecule has 4 heteroatoms. The second-order valence-corrected chi connectivity index (χ2v) is 6.28. The second kappa shape index (κ2) is 6.15. The first-order valence-corrected chi connectivity index (χ1v) is 7.54. The molecular formula is C16H22ClNO2. The topological polar surface area (TPSA) is 38.3 Å². The van der Waals surface area contributed by atoms with Crippen LogP contribution in [0.2, 0.25) is 0 Å². The van der Waals surface area contributed by atoms with Crippen LogP contribution in [0.1, 0.15) is 38.6 Å². The van der Waals surface area contributed by atoms with Crippen LogP contribution in [0.15, 0.2) is 24.3 Å². The monoisotopic (exact) mass is 295 g/mol. The summed E-state index contributed by atoms with van der Waals surface area (Å²) in [6.07, 6.45) is 0.0588. The molecule has 1 fully saturated rings. The fraction of sp³-hybridized carbons (Fsp3) is 0.562. The number of hydrogen-bond acceptors (Lipinski definition) is 2. The van der Waals surface area contributed by atoms with Crippen LogP contribution in [-0.4, -0.2) is 18.1 Å². The normalized spacial score (nSPS) is 31.1. The third-order valence-electron chi connectivity index (χ3n) is 4.19. The molecule has 5 atom stereocenters. The zero-order chi connectivity index (χ0) is 14.9. The number of hydrogen-bond donors (Lipinski definition) is 1. The maximum Gasteiger partial charge on any atom is 0.230 e. The maximum absolute atomic E-state index is 12.5. The quantitative estimate of drug-likeness (QED) is 0.857. The molecule has 1 N–H and O–H groups in total. The van der Waals surface area contributed by atoms with Gasteiger partial charge in [-0.15, -0.1) is 11.6 Å². The Hall–Kier alpha value is -1.06.